The van der Waals surface area contributed by atoms with Crippen molar-refractivity contribution in [3.8, 4) is 16.9 Å². The van der Waals surface area contributed by atoms with E-state index in [9.17, 15) is 8.78 Å². The molecule has 4 rings (SSSR count). The summed E-state index contributed by atoms with van der Waals surface area (Å²) in [7, 11) is 0. The Morgan fingerprint density at radius 1 is 0.667 bits per heavy atom. The van der Waals surface area contributed by atoms with Crippen molar-refractivity contribution in [1.29, 1.82) is 0 Å². The number of hydrogen-bond acceptors (Lipinski definition) is 1. The van der Waals surface area contributed by atoms with Gasteiger partial charge < -0.3 is 4.74 Å². The molecule has 0 atom stereocenters. The zero-order valence-electron chi connectivity index (χ0n) is 20.8. The summed E-state index contributed by atoms with van der Waals surface area (Å²) in [6.07, 6.45) is 8.67. The van der Waals surface area contributed by atoms with Crippen LogP contribution in [-0.2, 0) is 19.3 Å². The molecular formula is C32H33F3O. The van der Waals surface area contributed by atoms with Crippen molar-refractivity contribution in [3.63, 3.8) is 0 Å². The van der Waals surface area contributed by atoms with Gasteiger partial charge in [-0.2, -0.15) is 8.78 Å². The normalized spacial score (nSPS) is 11.4. The molecule has 36 heavy (non-hydrogen) atoms. The van der Waals surface area contributed by atoms with Crippen molar-refractivity contribution in [2.75, 3.05) is 0 Å². The maximum atomic E-state index is 15.3. The van der Waals surface area contributed by atoms with Crippen LogP contribution in [0.2, 0.25) is 0 Å². The average molecular weight is 491 g/mol. The van der Waals surface area contributed by atoms with E-state index in [0.717, 1.165) is 28.5 Å². The number of benzene rings is 4. The largest absolute Gasteiger partial charge is 0.435 e. The van der Waals surface area contributed by atoms with Crippen LogP contribution in [0.4, 0.5) is 13.2 Å². The third-order valence-electron chi connectivity index (χ3n) is 6.72. The van der Waals surface area contributed by atoms with E-state index in [2.05, 4.69) is 35.9 Å². The Labute approximate surface area is 211 Å². The van der Waals surface area contributed by atoms with Crippen molar-refractivity contribution in [2.24, 2.45) is 0 Å². The predicted octanol–water partition coefficient (Wildman–Crippen LogP) is 9.55. The van der Waals surface area contributed by atoms with Crippen molar-refractivity contribution in [3.05, 3.63) is 101 Å². The Balaban J connectivity index is 1.40. The van der Waals surface area contributed by atoms with Crippen LogP contribution in [0.15, 0.2) is 78.9 Å². The number of alkyl halides is 2. The van der Waals surface area contributed by atoms with Crippen LogP contribution in [0.5, 0.6) is 5.75 Å². The molecule has 0 heterocycles. The van der Waals surface area contributed by atoms with E-state index in [1.807, 2.05) is 30.3 Å². The van der Waals surface area contributed by atoms with Crippen LogP contribution in [0.1, 0.15) is 55.7 Å². The van der Waals surface area contributed by atoms with Gasteiger partial charge >= 0.3 is 6.61 Å². The molecule has 0 bridgehead atoms. The third-order valence-corrected chi connectivity index (χ3v) is 6.72. The lowest BCUT2D eigenvalue weighted by Crippen LogP contribution is -2.02. The molecule has 0 aliphatic carbocycles. The van der Waals surface area contributed by atoms with Gasteiger partial charge in [0.1, 0.15) is 11.6 Å². The topological polar surface area (TPSA) is 9.23 Å². The number of aryl methyl sites for hydroxylation is 3. The first-order valence-corrected chi connectivity index (χ1v) is 12.9. The Kier molecular flexibility index (Phi) is 9.05. The van der Waals surface area contributed by atoms with E-state index in [0.29, 0.717) is 23.8 Å². The molecule has 4 aromatic rings. The zero-order valence-corrected chi connectivity index (χ0v) is 20.8. The SMILES string of the molecule is CCCCCCCc1ccc(-c2ccc3c(F)c(CCc4ccc(OC(F)F)cc4)ccc3c2)cc1. The summed E-state index contributed by atoms with van der Waals surface area (Å²) in [6, 6.07) is 24.9. The van der Waals surface area contributed by atoms with Crippen LogP contribution in [-0.4, -0.2) is 6.61 Å². The lowest BCUT2D eigenvalue weighted by molar-refractivity contribution is -0.0498. The molecule has 0 fully saturated rings. The van der Waals surface area contributed by atoms with Crippen LogP contribution >= 0.6 is 0 Å². The second kappa shape index (κ2) is 12.6. The number of unbranched alkanes of at least 4 members (excludes halogenated alkanes) is 4. The van der Waals surface area contributed by atoms with Gasteiger partial charge in [-0.15, -0.1) is 0 Å². The average Bonchev–Trinajstić information content (AvgIpc) is 2.89. The van der Waals surface area contributed by atoms with E-state index in [-0.39, 0.29) is 11.6 Å². The van der Waals surface area contributed by atoms with E-state index in [1.54, 1.807) is 12.1 Å². The monoisotopic (exact) mass is 490 g/mol. The van der Waals surface area contributed by atoms with Gasteiger partial charge in [0.25, 0.3) is 0 Å². The van der Waals surface area contributed by atoms with Crippen LogP contribution < -0.4 is 4.74 Å². The highest BCUT2D eigenvalue weighted by Gasteiger charge is 2.10. The van der Waals surface area contributed by atoms with Gasteiger partial charge in [-0.3, -0.25) is 0 Å². The fraction of sp³-hybridized carbons (Fsp3) is 0.312. The highest BCUT2D eigenvalue weighted by atomic mass is 19.3. The summed E-state index contributed by atoms with van der Waals surface area (Å²) in [4.78, 5) is 0. The van der Waals surface area contributed by atoms with E-state index in [1.165, 1.54) is 49.8 Å². The standard InChI is InChI=1S/C32H33F3O/c1-2-3-4-5-6-7-23-8-13-25(14-9-23)27-18-21-30-28(22-27)17-16-26(31(30)33)15-10-24-11-19-29(20-12-24)36-32(34)35/h8-9,11-14,16-22,32H,2-7,10,15H2,1H3. The third kappa shape index (κ3) is 6.90. The Morgan fingerprint density at radius 2 is 1.33 bits per heavy atom. The Morgan fingerprint density at radius 3 is 2.06 bits per heavy atom. The first kappa shape index (κ1) is 25.8. The molecule has 188 valence electrons. The highest BCUT2D eigenvalue weighted by molar-refractivity contribution is 5.88. The van der Waals surface area contributed by atoms with Gasteiger partial charge in [0, 0.05) is 5.39 Å². The zero-order chi connectivity index (χ0) is 25.3. The lowest BCUT2D eigenvalue weighted by Gasteiger charge is -2.10. The quantitative estimate of drug-likeness (QED) is 0.180. The molecule has 4 aromatic carbocycles. The molecule has 0 aliphatic heterocycles. The van der Waals surface area contributed by atoms with Gasteiger partial charge in [0.15, 0.2) is 0 Å². The summed E-state index contributed by atoms with van der Waals surface area (Å²) in [5, 5.41) is 1.49. The maximum Gasteiger partial charge on any atom is 0.387 e. The Bertz CT molecular complexity index is 1250. The number of ether oxygens (including phenoxy) is 1. The summed E-state index contributed by atoms with van der Waals surface area (Å²) in [5.74, 6) is -0.0754. The smallest absolute Gasteiger partial charge is 0.387 e. The summed E-state index contributed by atoms with van der Waals surface area (Å²) >= 11 is 0. The first-order valence-electron chi connectivity index (χ1n) is 12.9. The molecule has 0 aromatic heterocycles. The summed E-state index contributed by atoms with van der Waals surface area (Å²) in [6.45, 7) is -0.604. The van der Waals surface area contributed by atoms with Crippen molar-refractivity contribution >= 4 is 10.8 Å². The fourth-order valence-corrected chi connectivity index (χ4v) is 4.62. The molecule has 0 saturated carbocycles. The lowest BCUT2D eigenvalue weighted by atomic mass is 9.96. The number of hydrogen-bond donors (Lipinski definition) is 0. The highest BCUT2D eigenvalue weighted by Crippen LogP contribution is 2.29. The fourth-order valence-electron chi connectivity index (χ4n) is 4.62. The Hall–Kier alpha value is -3.27. The van der Waals surface area contributed by atoms with Gasteiger partial charge in [0.05, 0.1) is 0 Å². The predicted molar refractivity (Wildman–Crippen MR) is 142 cm³/mol. The minimum atomic E-state index is -2.84. The molecule has 0 aliphatic rings. The second-order valence-electron chi connectivity index (χ2n) is 9.36. The van der Waals surface area contributed by atoms with Crippen LogP contribution in [0.25, 0.3) is 21.9 Å². The number of fused-ring (bicyclic) bond motifs is 1. The van der Waals surface area contributed by atoms with E-state index in [4.69, 9.17) is 0 Å². The van der Waals surface area contributed by atoms with Crippen molar-refractivity contribution in [2.45, 2.75) is 64.9 Å². The molecule has 0 N–H and O–H groups in total. The molecule has 0 radical (unpaired) electrons. The second-order valence-corrected chi connectivity index (χ2v) is 9.36. The molecule has 1 nitrogen and oxygen atoms in total. The molecule has 0 saturated heterocycles. The number of halogens is 3. The molecule has 0 amide bonds. The maximum absolute atomic E-state index is 15.3. The van der Waals surface area contributed by atoms with Crippen LogP contribution in [0.3, 0.4) is 0 Å². The van der Waals surface area contributed by atoms with Crippen LogP contribution in [0, 0.1) is 5.82 Å². The first-order chi connectivity index (χ1) is 17.5. The minimum Gasteiger partial charge on any atom is -0.435 e. The van der Waals surface area contributed by atoms with Gasteiger partial charge in [-0.05, 0) is 77.1 Å². The molecule has 0 unspecified atom stereocenters. The van der Waals surface area contributed by atoms with Crippen molar-refractivity contribution in [1.82, 2.24) is 0 Å². The van der Waals surface area contributed by atoms with E-state index < -0.39 is 6.61 Å². The van der Waals surface area contributed by atoms with Gasteiger partial charge in [0.2, 0.25) is 0 Å². The summed E-state index contributed by atoms with van der Waals surface area (Å²) in [5.41, 5.74) is 5.16. The van der Waals surface area contributed by atoms with Crippen molar-refractivity contribution < 1.29 is 17.9 Å². The van der Waals surface area contributed by atoms with Gasteiger partial charge in [-0.1, -0.05) is 93.3 Å². The molecule has 0 spiro atoms. The number of rotatable bonds is 12. The molecular weight excluding hydrogens is 457 g/mol. The van der Waals surface area contributed by atoms with E-state index >= 15 is 4.39 Å². The minimum absolute atomic E-state index is 0.124. The van der Waals surface area contributed by atoms with Gasteiger partial charge in [-0.25, -0.2) is 4.39 Å². The molecule has 4 heteroatoms. The summed E-state index contributed by atoms with van der Waals surface area (Å²) < 4.78 is 44.3.